The van der Waals surface area contributed by atoms with Gasteiger partial charge >= 0.3 is 0 Å². The summed E-state index contributed by atoms with van der Waals surface area (Å²) in [6.07, 6.45) is 1.41. The van der Waals surface area contributed by atoms with Gasteiger partial charge in [-0.25, -0.2) is 13.8 Å². The molecule has 0 radical (unpaired) electrons. The van der Waals surface area contributed by atoms with Gasteiger partial charge in [0.15, 0.2) is 0 Å². The average molecular weight is 248 g/mol. The zero-order valence-corrected chi connectivity index (χ0v) is 9.34. The monoisotopic (exact) mass is 248 g/mol. The van der Waals surface area contributed by atoms with Crippen molar-refractivity contribution >= 4 is 11.8 Å². The molecule has 2 aromatic rings. The lowest BCUT2D eigenvalue weighted by atomic mass is 10.3. The minimum absolute atomic E-state index is 0.295. The molecule has 0 aliphatic rings. The molecule has 2 nitrogen and oxygen atoms in total. The van der Waals surface area contributed by atoms with Gasteiger partial charge in [-0.3, -0.25) is 0 Å². The van der Waals surface area contributed by atoms with Crippen LogP contribution < -0.4 is 0 Å². The topological polar surface area (TPSA) is 36.7 Å². The van der Waals surface area contributed by atoms with Crippen LogP contribution in [0.1, 0.15) is 5.56 Å². The number of rotatable bonds is 2. The van der Waals surface area contributed by atoms with E-state index in [-0.39, 0.29) is 0 Å². The maximum atomic E-state index is 13.3. The maximum absolute atomic E-state index is 13.3. The van der Waals surface area contributed by atoms with Gasteiger partial charge in [0.05, 0.1) is 5.56 Å². The van der Waals surface area contributed by atoms with Gasteiger partial charge in [-0.15, -0.1) is 0 Å². The third kappa shape index (κ3) is 2.80. The van der Waals surface area contributed by atoms with E-state index >= 15 is 0 Å². The summed E-state index contributed by atoms with van der Waals surface area (Å²) in [4.78, 5) is 4.28. The fourth-order valence-corrected chi connectivity index (χ4v) is 1.94. The van der Waals surface area contributed by atoms with Crippen molar-refractivity contribution in [2.75, 3.05) is 0 Å². The largest absolute Gasteiger partial charge is 0.248 e. The summed E-state index contributed by atoms with van der Waals surface area (Å²) in [6.45, 7) is 0. The van der Waals surface area contributed by atoms with Crippen LogP contribution in [0, 0.1) is 23.0 Å². The highest BCUT2D eigenvalue weighted by atomic mass is 32.2. The highest BCUT2D eigenvalue weighted by Crippen LogP contribution is 2.28. The zero-order chi connectivity index (χ0) is 12.3. The van der Waals surface area contributed by atoms with Gasteiger partial charge in [0, 0.05) is 17.2 Å². The second-order valence-corrected chi connectivity index (χ2v) is 4.24. The Balaban J connectivity index is 2.23. The number of nitrogens with zero attached hydrogens (tertiary/aromatic N) is 2. The van der Waals surface area contributed by atoms with Crippen LogP contribution in [-0.2, 0) is 0 Å². The summed E-state index contributed by atoms with van der Waals surface area (Å²) in [5.41, 5.74) is 0.439. The first-order valence-corrected chi connectivity index (χ1v) is 5.50. The van der Waals surface area contributed by atoms with Crippen LogP contribution in [0.4, 0.5) is 8.78 Å². The third-order valence-electron chi connectivity index (χ3n) is 1.97. The summed E-state index contributed by atoms with van der Waals surface area (Å²) >= 11 is 1.08. The van der Waals surface area contributed by atoms with Crippen molar-refractivity contribution in [3.05, 3.63) is 53.7 Å². The Morgan fingerprint density at radius 3 is 2.59 bits per heavy atom. The van der Waals surface area contributed by atoms with Crippen LogP contribution in [0.5, 0.6) is 0 Å². The van der Waals surface area contributed by atoms with Gasteiger partial charge in [0.25, 0.3) is 0 Å². The van der Waals surface area contributed by atoms with Crippen LogP contribution >= 0.6 is 11.8 Å². The Hall–Kier alpha value is -1.93. The van der Waals surface area contributed by atoms with E-state index in [1.54, 1.807) is 12.1 Å². The van der Waals surface area contributed by atoms with Crippen molar-refractivity contribution in [3.8, 4) is 6.07 Å². The minimum atomic E-state index is -0.624. The first-order chi connectivity index (χ1) is 8.19. The lowest BCUT2D eigenvalue weighted by Gasteiger charge is -2.02. The van der Waals surface area contributed by atoms with E-state index in [0.29, 0.717) is 15.5 Å². The quantitative estimate of drug-likeness (QED) is 0.817. The van der Waals surface area contributed by atoms with E-state index in [0.717, 1.165) is 17.8 Å². The molecule has 0 amide bonds. The summed E-state index contributed by atoms with van der Waals surface area (Å²) in [5.74, 6) is -1.24. The number of hydrogen-bond acceptors (Lipinski definition) is 3. The summed E-state index contributed by atoms with van der Waals surface area (Å²) < 4.78 is 26.0. The Morgan fingerprint density at radius 1 is 1.18 bits per heavy atom. The summed E-state index contributed by atoms with van der Waals surface area (Å²) in [7, 11) is 0. The van der Waals surface area contributed by atoms with Crippen molar-refractivity contribution < 1.29 is 8.78 Å². The molecule has 84 valence electrons. The second-order valence-electron chi connectivity index (χ2n) is 3.17. The molecule has 1 heterocycles. The van der Waals surface area contributed by atoms with Crippen LogP contribution in [0.15, 0.2) is 46.5 Å². The average Bonchev–Trinajstić information content (AvgIpc) is 2.34. The predicted octanol–water partition coefficient (Wildman–Crippen LogP) is 3.38. The van der Waals surface area contributed by atoms with Gasteiger partial charge in [-0.2, -0.15) is 5.26 Å². The zero-order valence-electron chi connectivity index (χ0n) is 8.52. The van der Waals surface area contributed by atoms with Crippen molar-refractivity contribution in [1.82, 2.24) is 4.98 Å². The molecule has 5 heteroatoms. The van der Waals surface area contributed by atoms with Crippen LogP contribution in [0.3, 0.4) is 0 Å². The van der Waals surface area contributed by atoms with Gasteiger partial charge in [0.2, 0.25) is 0 Å². The minimum Gasteiger partial charge on any atom is -0.248 e. The van der Waals surface area contributed by atoms with E-state index in [2.05, 4.69) is 4.98 Å². The molecule has 1 aromatic carbocycles. The van der Waals surface area contributed by atoms with Gasteiger partial charge < -0.3 is 0 Å². The molecule has 0 bridgehead atoms. The predicted molar refractivity (Wildman–Crippen MR) is 59.4 cm³/mol. The van der Waals surface area contributed by atoms with Crippen LogP contribution in [0.2, 0.25) is 0 Å². The molecular formula is C12H6F2N2S. The lowest BCUT2D eigenvalue weighted by molar-refractivity contribution is 0.565. The van der Waals surface area contributed by atoms with Crippen LogP contribution in [-0.4, -0.2) is 4.98 Å². The molecule has 0 aliphatic heterocycles. The van der Waals surface area contributed by atoms with E-state index in [4.69, 9.17) is 5.26 Å². The summed E-state index contributed by atoms with van der Waals surface area (Å²) in [6, 6.07) is 8.52. The van der Waals surface area contributed by atoms with E-state index < -0.39 is 11.6 Å². The fourth-order valence-electron chi connectivity index (χ4n) is 1.18. The molecular weight excluding hydrogens is 242 g/mol. The van der Waals surface area contributed by atoms with Crippen LogP contribution in [0.25, 0.3) is 0 Å². The molecule has 0 spiro atoms. The van der Waals surface area contributed by atoms with Gasteiger partial charge in [0.1, 0.15) is 22.7 Å². The Morgan fingerprint density at radius 2 is 2.00 bits per heavy atom. The lowest BCUT2D eigenvalue weighted by Crippen LogP contribution is -1.86. The molecule has 0 fully saturated rings. The number of nitriles is 1. The maximum Gasteiger partial charge on any atom is 0.140 e. The highest BCUT2D eigenvalue weighted by Gasteiger charge is 2.06. The smallest absolute Gasteiger partial charge is 0.140 e. The van der Waals surface area contributed by atoms with Crippen molar-refractivity contribution in [2.24, 2.45) is 0 Å². The van der Waals surface area contributed by atoms with Crippen molar-refractivity contribution in [3.63, 3.8) is 0 Å². The van der Waals surface area contributed by atoms with Crippen molar-refractivity contribution in [2.45, 2.75) is 9.92 Å². The number of aromatic nitrogens is 1. The molecule has 1 aromatic heterocycles. The first-order valence-electron chi connectivity index (χ1n) is 4.68. The standard InChI is InChI=1S/C12H6F2N2S/c13-9-2-3-11(10(14)5-9)17-12-4-1-8(6-15)7-16-12/h1-5,7H. The molecule has 0 saturated heterocycles. The van der Waals surface area contributed by atoms with E-state index in [1.165, 1.54) is 18.3 Å². The third-order valence-corrected chi connectivity index (χ3v) is 2.98. The van der Waals surface area contributed by atoms with Gasteiger partial charge in [-0.1, -0.05) is 11.8 Å². The molecule has 0 saturated carbocycles. The SMILES string of the molecule is N#Cc1ccc(Sc2ccc(F)cc2F)nc1. The molecule has 0 aliphatic carbocycles. The second kappa shape index (κ2) is 4.93. The molecule has 2 rings (SSSR count). The Kier molecular flexibility index (Phi) is 3.35. The molecule has 0 N–H and O–H groups in total. The Bertz CT molecular complexity index is 576. The fraction of sp³-hybridized carbons (Fsp3) is 0. The first kappa shape index (κ1) is 11.6. The summed E-state index contributed by atoms with van der Waals surface area (Å²) in [5, 5.41) is 9.14. The normalized spacial score (nSPS) is 9.94. The number of hydrogen-bond donors (Lipinski definition) is 0. The number of pyridine rings is 1. The molecule has 0 unspecified atom stereocenters. The van der Waals surface area contributed by atoms with E-state index in [1.807, 2.05) is 6.07 Å². The molecule has 17 heavy (non-hydrogen) atoms. The Labute approximate surface area is 101 Å². The number of benzene rings is 1. The van der Waals surface area contributed by atoms with Gasteiger partial charge in [-0.05, 0) is 24.3 Å². The number of halogens is 2. The highest BCUT2D eigenvalue weighted by molar-refractivity contribution is 7.99. The van der Waals surface area contributed by atoms with E-state index in [9.17, 15) is 8.78 Å². The van der Waals surface area contributed by atoms with Crippen molar-refractivity contribution in [1.29, 1.82) is 5.26 Å². The molecule has 0 atom stereocenters.